The van der Waals surface area contributed by atoms with E-state index in [-0.39, 0.29) is 28.9 Å². The third-order valence-electron chi connectivity index (χ3n) is 4.42. The van der Waals surface area contributed by atoms with Gasteiger partial charge in [0.05, 0.1) is 0 Å². The second-order valence-corrected chi connectivity index (χ2v) is 6.59. The molecule has 31 heavy (non-hydrogen) atoms. The number of hydrogen-bond donors (Lipinski definition) is 7. The predicted molar refractivity (Wildman–Crippen MR) is 104 cm³/mol. The SMILES string of the molecule is O=C[C@H](O)[C@H](O)[C@@H](O)[C@@H](O)Oc1c(-c2ccc(O)cc2)oc2cc(O)cc(O)c2c1=O. The van der Waals surface area contributed by atoms with Gasteiger partial charge in [-0.25, -0.2) is 0 Å². The van der Waals surface area contributed by atoms with Crippen LogP contribution in [0.1, 0.15) is 0 Å². The van der Waals surface area contributed by atoms with Crippen LogP contribution in [-0.4, -0.2) is 66.6 Å². The van der Waals surface area contributed by atoms with Crippen molar-refractivity contribution in [3.63, 3.8) is 0 Å². The molecule has 0 fully saturated rings. The summed E-state index contributed by atoms with van der Waals surface area (Å²) in [5, 5.41) is 67.9. The molecule has 164 valence electrons. The van der Waals surface area contributed by atoms with Crippen molar-refractivity contribution in [3.05, 3.63) is 46.6 Å². The highest BCUT2D eigenvalue weighted by atomic mass is 16.6. The van der Waals surface area contributed by atoms with Crippen LogP contribution in [0.2, 0.25) is 0 Å². The molecule has 0 spiro atoms. The summed E-state index contributed by atoms with van der Waals surface area (Å²) >= 11 is 0. The Balaban J connectivity index is 2.17. The number of rotatable bonds is 7. The molecule has 3 rings (SSSR count). The van der Waals surface area contributed by atoms with Crippen LogP contribution >= 0.6 is 0 Å². The molecule has 0 aliphatic rings. The molecule has 2 aromatic carbocycles. The third kappa shape index (κ3) is 4.29. The largest absolute Gasteiger partial charge is 0.508 e. The number of aldehydes is 1. The molecule has 0 amide bonds. The molecule has 0 unspecified atom stereocenters. The molecule has 0 saturated carbocycles. The van der Waals surface area contributed by atoms with E-state index in [1.807, 2.05) is 0 Å². The number of carbonyl (C=O) groups excluding carboxylic acids is 1. The highest BCUT2D eigenvalue weighted by Gasteiger charge is 2.33. The number of phenolic OH excluding ortho intramolecular Hbond substituents is 3. The Morgan fingerprint density at radius 2 is 1.55 bits per heavy atom. The van der Waals surface area contributed by atoms with Gasteiger partial charge in [-0.15, -0.1) is 0 Å². The first-order chi connectivity index (χ1) is 14.6. The third-order valence-corrected chi connectivity index (χ3v) is 4.42. The van der Waals surface area contributed by atoms with E-state index in [9.17, 15) is 45.3 Å². The number of fused-ring (bicyclic) bond motifs is 1. The number of aliphatic hydroxyl groups excluding tert-OH is 4. The zero-order valence-electron chi connectivity index (χ0n) is 15.6. The summed E-state index contributed by atoms with van der Waals surface area (Å²) in [4.78, 5) is 23.6. The van der Waals surface area contributed by atoms with Crippen molar-refractivity contribution < 1.29 is 49.7 Å². The Bertz CT molecular complexity index is 1150. The fourth-order valence-electron chi connectivity index (χ4n) is 2.82. The van der Waals surface area contributed by atoms with Gasteiger partial charge in [-0.3, -0.25) is 4.79 Å². The van der Waals surface area contributed by atoms with Crippen LogP contribution in [0.4, 0.5) is 0 Å². The summed E-state index contributed by atoms with van der Waals surface area (Å²) in [5.41, 5.74) is -1.06. The Morgan fingerprint density at radius 3 is 2.16 bits per heavy atom. The Morgan fingerprint density at radius 1 is 0.903 bits per heavy atom. The van der Waals surface area contributed by atoms with Crippen LogP contribution in [0.3, 0.4) is 0 Å². The van der Waals surface area contributed by atoms with E-state index in [1.54, 1.807) is 0 Å². The molecule has 0 radical (unpaired) electrons. The van der Waals surface area contributed by atoms with Gasteiger partial charge < -0.3 is 49.7 Å². The minimum atomic E-state index is -2.31. The van der Waals surface area contributed by atoms with Gasteiger partial charge in [0.25, 0.3) is 0 Å². The van der Waals surface area contributed by atoms with Crippen molar-refractivity contribution in [1.29, 1.82) is 0 Å². The van der Waals surface area contributed by atoms with E-state index in [0.29, 0.717) is 0 Å². The summed E-state index contributed by atoms with van der Waals surface area (Å²) in [6.45, 7) is 0. The van der Waals surface area contributed by atoms with Crippen molar-refractivity contribution in [3.8, 4) is 34.3 Å². The van der Waals surface area contributed by atoms with Crippen LogP contribution in [0.15, 0.2) is 45.6 Å². The van der Waals surface area contributed by atoms with Crippen LogP contribution in [-0.2, 0) is 4.79 Å². The number of aromatic hydroxyl groups is 3. The van der Waals surface area contributed by atoms with E-state index in [2.05, 4.69) is 0 Å². The number of phenols is 3. The topological polar surface area (TPSA) is 198 Å². The number of benzene rings is 2. The normalized spacial score (nSPS) is 15.2. The monoisotopic (exact) mass is 434 g/mol. The average molecular weight is 434 g/mol. The first kappa shape index (κ1) is 22.1. The maximum Gasteiger partial charge on any atom is 0.239 e. The van der Waals surface area contributed by atoms with E-state index < -0.39 is 52.7 Å². The van der Waals surface area contributed by atoms with Gasteiger partial charge in [-0.2, -0.15) is 0 Å². The lowest BCUT2D eigenvalue weighted by Gasteiger charge is -2.25. The molecular formula is C20H18O11. The number of ether oxygens (including phenoxy) is 1. The molecule has 4 atom stereocenters. The maximum absolute atomic E-state index is 13.0. The standard InChI is InChI=1S/C20H18O11/c21-7-12(25)15(26)17(28)20(29)31-19-16(27)14-11(24)5-10(23)6-13(14)30-18(19)8-1-3-9(22)4-2-8/h1-7,12,15,17,20,22-26,28-29H/t12-,15-,17+,20-/m0/s1. The smallest absolute Gasteiger partial charge is 0.239 e. The molecule has 0 saturated heterocycles. The predicted octanol–water partition coefficient (Wildman–Crippen LogP) is -0.444. The molecule has 7 N–H and O–H groups in total. The second-order valence-electron chi connectivity index (χ2n) is 6.59. The molecule has 3 aromatic rings. The molecule has 0 bridgehead atoms. The van der Waals surface area contributed by atoms with Gasteiger partial charge in [-0.05, 0) is 24.3 Å². The Kier molecular flexibility index (Phi) is 6.13. The zero-order valence-corrected chi connectivity index (χ0v) is 15.6. The quantitative estimate of drug-likeness (QED) is 0.188. The summed E-state index contributed by atoms with van der Waals surface area (Å²) in [6.07, 6.45) is -8.76. The van der Waals surface area contributed by atoms with E-state index in [1.165, 1.54) is 24.3 Å². The lowest BCUT2D eigenvalue weighted by atomic mass is 10.1. The van der Waals surface area contributed by atoms with Crippen LogP contribution in [0.5, 0.6) is 23.0 Å². The van der Waals surface area contributed by atoms with Crippen molar-refractivity contribution in [2.75, 3.05) is 0 Å². The van der Waals surface area contributed by atoms with Crippen molar-refractivity contribution in [2.24, 2.45) is 0 Å². The second kappa shape index (κ2) is 8.62. The fraction of sp³-hybridized carbons (Fsp3) is 0.200. The van der Waals surface area contributed by atoms with E-state index in [4.69, 9.17) is 9.15 Å². The van der Waals surface area contributed by atoms with E-state index >= 15 is 0 Å². The number of hydrogen-bond acceptors (Lipinski definition) is 11. The molecule has 11 nitrogen and oxygen atoms in total. The molecule has 1 heterocycles. The van der Waals surface area contributed by atoms with Crippen LogP contribution in [0, 0.1) is 0 Å². The Hall–Kier alpha value is -3.64. The summed E-state index contributed by atoms with van der Waals surface area (Å²) in [6, 6.07) is 7.13. The lowest BCUT2D eigenvalue weighted by Crippen LogP contribution is -2.47. The van der Waals surface area contributed by atoms with Gasteiger partial charge in [0.15, 0.2) is 12.0 Å². The fourth-order valence-corrected chi connectivity index (χ4v) is 2.82. The van der Waals surface area contributed by atoms with Crippen LogP contribution < -0.4 is 10.2 Å². The summed E-state index contributed by atoms with van der Waals surface area (Å²) in [7, 11) is 0. The minimum absolute atomic E-state index is 0.0720. The summed E-state index contributed by atoms with van der Waals surface area (Å²) in [5.74, 6) is -2.17. The molecule has 0 aliphatic carbocycles. The average Bonchev–Trinajstić information content (AvgIpc) is 2.73. The van der Waals surface area contributed by atoms with Crippen molar-refractivity contribution >= 4 is 17.3 Å². The van der Waals surface area contributed by atoms with Gasteiger partial charge in [0.1, 0.15) is 46.5 Å². The van der Waals surface area contributed by atoms with Gasteiger partial charge in [0.2, 0.25) is 17.5 Å². The first-order valence-electron chi connectivity index (χ1n) is 8.80. The first-order valence-corrected chi connectivity index (χ1v) is 8.80. The lowest BCUT2D eigenvalue weighted by molar-refractivity contribution is -0.166. The number of aliphatic hydroxyl groups is 4. The molecular weight excluding hydrogens is 416 g/mol. The van der Waals surface area contributed by atoms with Crippen molar-refractivity contribution in [2.45, 2.75) is 24.6 Å². The Labute approximate surface area is 173 Å². The highest BCUT2D eigenvalue weighted by molar-refractivity contribution is 5.88. The maximum atomic E-state index is 13.0. The number of carbonyl (C=O) groups is 1. The van der Waals surface area contributed by atoms with E-state index in [0.717, 1.165) is 12.1 Å². The van der Waals surface area contributed by atoms with Crippen molar-refractivity contribution in [1.82, 2.24) is 0 Å². The minimum Gasteiger partial charge on any atom is -0.508 e. The van der Waals surface area contributed by atoms with Gasteiger partial charge in [0, 0.05) is 17.7 Å². The molecule has 0 aliphatic heterocycles. The van der Waals surface area contributed by atoms with Gasteiger partial charge >= 0.3 is 0 Å². The zero-order chi connectivity index (χ0) is 22.9. The highest BCUT2D eigenvalue weighted by Crippen LogP contribution is 2.36. The summed E-state index contributed by atoms with van der Waals surface area (Å²) < 4.78 is 10.7. The molecule has 1 aromatic heterocycles. The van der Waals surface area contributed by atoms with Crippen LogP contribution in [0.25, 0.3) is 22.3 Å². The van der Waals surface area contributed by atoms with Gasteiger partial charge in [-0.1, -0.05) is 0 Å². The molecule has 11 heteroatoms.